The Kier molecular flexibility index (Phi) is 10.2. The predicted molar refractivity (Wildman–Crippen MR) is 125 cm³/mol. The number of hydrogen-bond donors (Lipinski definition) is 2. The van der Waals surface area contributed by atoms with E-state index in [9.17, 15) is 14.7 Å². The highest BCUT2D eigenvalue weighted by atomic mass is 32.1. The predicted octanol–water partition coefficient (Wildman–Crippen LogP) is 3.28. The molecular formula is C22H31NO7SSi. The van der Waals surface area contributed by atoms with Crippen molar-refractivity contribution < 1.29 is 33.6 Å². The lowest BCUT2D eigenvalue weighted by molar-refractivity contribution is -0.143. The maximum absolute atomic E-state index is 12.7. The van der Waals surface area contributed by atoms with Crippen LogP contribution in [0.2, 0.25) is 25.7 Å². The van der Waals surface area contributed by atoms with Gasteiger partial charge in [0.05, 0.1) is 19.3 Å². The van der Waals surface area contributed by atoms with Crippen molar-refractivity contribution in [2.24, 2.45) is 0 Å². The molecule has 0 saturated heterocycles. The third kappa shape index (κ3) is 8.62. The summed E-state index contributed by atoms with van der Waals surface area (Å²) >= 11 is 1.58. The number of carbonyl (C=O) groups is 2. The van der Waals surface area contributed by atoms with E-state index >= 15 is 0 Å². The summed E-state index contributed by atoms with van der Waals surface area (Å²) in [5.41, 5.74) is 1.22. The van der Waals surface area contributed by atoms with Gasteiger partial charge in [0.1, 0.15) is 18.1 Å². The molecule has 1 unspecified atom stereocenters. The molecule has 0 radical (unpaired) electrons. The van der Waals surface area contributed by atoms with E-state index < -0.39 is 32.6 Å². The zero-order valence-corrected chi connectivity index (χ0v) is 20.7. The van der Waals surface area contributed by atoms with Crippen molar-refractivity contribution in [1.82, 2.24) is 5.32 Å². The molecular weight excluding hydrogens is 450 g/mol. The number of ether oxygens (including phenoxy) is 4. The van der Waals surface area contributed by atoms with Gasteiger partial charge in [-0.25, -0.2) is 4.79 Å². The molecule has 1 atom stereocenters. The second-order valence-electron chi connectivity index (χ2n) is 8.29. The van der Waals surface area contributed by atoms with Crippen molar-refractivity contribution in [1.29, 1.82) is 0 Å². The third-order valence-corrected chi connectivity index (χ3v) is 6.89. The average Bonchev–Trinajstić information content (AvgIpc) is 3.28. The average molecular weight is 482 g/mol. The molecule has 0 fully saturated rings. The lowest BCUT2D eigenvalue weighted by atomic mass is 10.1. The number of hydrogen-bond acceptors (Lipinski definition) is 8. The van der Waals surface area contributed by atoms with E-state index in [0.29, 0.717) is 19.0 Å². The summed E-state index contributed by atoms with van der Waals surface area (Å²) in [6, 6.07) is 6.58. The number of benzene rings is 1. The normalized spacial score (nSPS) is 12.2. The second-order valence-corrected chi connectivity index (χ2v) is 14.7. The zero-order chi connectivity index (χ0) is 23.6. The molecule has 0 saturated carbocycles. The molecule has 1 aromatic heterocycles. The van der Waals surface area contributed by atoms with Crippen LogP contribution in [0.4, 0.5) is 0 Å². The van der Waals surface area contributed by atoms with E-state index in [1.807, 2.05) is 16.8 Å². The van der Waals surface area contributed by atoms with Gasteiger partial charge in [-0.05, 0) is 40.6 Å². The number of aliphatic hydroxyl groups is 1. The summed E-state index contributed by atoms with van der Waals surface area (Å²) in [5.74, 6) is -0.555. The maximum Gasteiger partial charge on any atom is 0.330 e. The molecule has 1 aromatic carbocycles. The molecule has 0 aliphatic heterocycles. The molecule has 1 heterocycles. The summed E-state index contributed by atoms with van der Waals surface area (Å²) in [7, 11) is -0.0462. The highest BCUT2D eigenvalue weighted by molar-refractivity contribution is 7.07. The van der Waals surface area contributed by atoms with Crippen LogP contribution in [-0.2, 0) is 20.9 Å². The van der Waals surface area contributed by atoms with Crippen LogP contribution in [0.5, 0.6) is 11.5 Å². The van der Waals surface area contributed by atoms with Gasteiger partial charge in [-0.3, -0.25) is 4.79 Å². The van der Waals surface area contributed by atoms with E-state index in [1.54, 1.807) is 29.5 Å². The molecule has 10 heteroatoms. The van der Waals surface area contributed by atoms with Crippen LogP contribution in [0.15, 0.2) is 35.0 Å². The van der Waals surface area contributed by atoms with Crippen molar-refractivity contribution in [3.8, 4) is 11.5 Å². The molecule has 8 nitrogen and oxygen atoms in total. The zero-order valence-electron chi connectivity index (χ0n) is 18.9. The molecule has 0 spiro atoms. The Labute approximate surface area is 193 Å². The monoisotopic (exact) mass is 481 g/mol. The van der Waals surface area contributed by atoms with Crippen molar-refractivity contribution >= 4 is 31.3 Å². The fraction of sp³-hybridized carbons (Fsp3) is 0.455. The number of thiophene rings is 1. The first kappa shape index (κ1) is 25.9. The minimum atomic E-state index is -1.23. The molecule has 0 aliphatic rings. The van der Waals surface area contributed by atoms with Gasteiger partial charge in [0.2, 0.25) is 0 Å². The molecule has 176 valence electrons. The van der Waals surface area contributed by atoms with E-state index in [2.05, 4.69) is 29.7 Å². The number of carbonyl (C=O) groups excluding carboxylic acids is 2. The van der Waals surface area contributed by atoms with Gasteiger partial charge in [-0.2, -0.15) is 11.3 Å². The van der Waals surface area contributed by atoms with Crippen LogP contribution in [0.1, 0.15) is 15.9 Å². The molecule has 2 N–H and O–H groups in total. The van der Waals surface area contributed by atoms with Gasteiger partial charge < -0.3 is 29.4 Å². The van der Waals surface area contributed by atoms with Crippen molar-refractivity contribution in [2.75, 3.05) is 27.1 Å². The number of nitrogens with one attached hydrogen (secondary N) is 1. The summed E-state index contributed by atoms with van der Waals surface area (Å²) < 4.78 is 21.7. The second kappa shape index (κ2) is 12.6. The maximum atomic E-state index is 12.7. The standard InChI is InChI=1S/C22H31NO7SSi/c1-27-22(26)19(12-24)23-21(25)18-6-5-17(29-13-16-7-9-31-14-16)11-20(18)30-15-28-8-10-32(2,3)4/h5-7,9,11,14,19,24H,8,10,12-13,15H2,1-4H3,(H,23,25). The van der Waals surface area contributed by atoms with Crippen LogP contribution in [0, 0.1) is 0 Å². The Morgan fingerprint density at radius 1 is 1.19 bits per heavy atom. The van der Waals surface area contributed by atoms with Gasteiger partial charge in [0, 0.05) is 20.7 Å². The number of amides is 1. The van der Waals surface area contributed by atoms with Gasteiger partial charge in [0.15, 0.2) is 12.8 Å². The quantitative estimate of drug-likeness (QED) is 0.196. The third-order valence-electron chi connectivity index (χ3n) is 4.45. The van der Waals surface area contributed by atoms with Crippen LogP contribution < -0.4 is 14.8 Å². The van der Waals surface area contributed by atoms with Crippen LogP contribution in [0.3, 0.4) is 0 Å². The largest absolute Gasteiger partial charge is 0.489 e. The number of aliphatic hydroxyl groups excluding tert-OH is 1. The number of methoxy groups -OCH3 is 1. The van der Waals surface area contributed by atoms with E-state index in [0.717, 1.165) is 11.6 Å². The molecule has 2 aromatic rings. The van der Waals surface area contributed by atoms with Gasteiger partial charge >= 0.3 is 5.97 Å². The van der Waals surface area contributed by atoms with E-state index in [1.165, 1.54) is 7.11 Å². The Bertz CT molecular complexity index is 868. The lowest BCUT2D eigenvalue weighted by Crippen LogP contribution is -2.44. The SMILES string of the molecule is COC(=O)C(CO)NC(=O)c1ccc(OCc2ccsc2)cc1OCOCC[Si](C)(C)C. The lowest BCUT2D eigenvalue weighted by Gasteiger charge is -2.18. The van der Waals surface area contributed by atoms with Gasteiger partial charge in [-0.15, -0.1) is 0 Å². The summed E-state index contributed by atoms with van der Waals surface area (Å²) in [6.07, 6.45) is 0. The summed E-state index contributed by atoms with van der Waals surface area (Å²) in [6.45, 7) is 7.11. The molecule has 32 heavy (non-hydrogen) atoms. The van der Waals surface area contributed by atoms with Crippen LogP contribution in [0.25, 0.3) is 0 Å². The molecule has 0 aliphatic carbocycles. The van der Waals surface area contributed by atoms with Gasteiger partial charge in [0.25, 0.3) is 5.91 Å². The summed E-state index contributed by atoms with van der Waals surface area (Å²) in [4.78, 5) is 24.5. The van der Waals surface area contributed by atoms with E-state index in [-0.39, 0.29) is 18.1 Å². The number of esters is 1. The Hall–Kier alpha value is -2.40. The molecule has 1 amide bonds. The first-order valence-electron chi connectivity index (χ1n) is 10.2. The smallest absolute Gasteiger partial charge is 0.330 e. The first-order valence-corrected chi connectivity index (χ1v) is 14.9. The van der Waals surface area contributed by atoms with Gasteiger partial charge in [-0.1, -0.05) is 19.6 Å². The van der Waals surface area contributed by atoms with Crippen molar-refractivity contribution in [2.45, 2.75) is 38.3 Å². The number of rotatable bonds is 13. The molecule has 2 rings (SSSR count). The summed E-state index contributed by atoms with van der Waals surface area (Å²) in [5, 5.41) is 15.8. The molecule has 0 bridgehead atoms. The fourth-order valence-corrected chi connectivity index (χ4v) is 3.95. The Morgan fingerprint density at radius 3 is 2.59 bits per heavy atom. The minimum absolute atomic E-state index is 0.0286. The Morgan fingerprint density at radius 2 is 1.97 bits per heavy atom. The van der Waals surface area contributed by atoms with Crippen molar-refractivity contribution in [3.05, 3.63) is 46.2 Å². The first-order chi connectivity index (χ1) is 15.2. The van der Waals surface area contributed by atoms with Crippen molar-refractivity contribution in [3.63, 3.8) is 0 Å². The topological polar surface area (TPSA) is 103 Å². The Balaban J connectivity index is 2.11. The highest BCUT2D eigenvalue weighted by Gasteiger charge is 2.23. The highest BCUT2D eigenvalue weighted by Crippen LogP contribution is 2.26. The van der Waals surface area contributed by atoms with Crippen LogP contribution >= 0.6 is 11.3 Å². The van der Waals surface area contributed by atoms with Crippen LogP contribution in [-0.4, -0.2) is 58.2 Å². The minimum Gasteiger partial charge on any atom is -0.489 e. The van der Waals surface area contributed by atoms with E-state index in [4.69, 9.17) is 14.2 Å². The fourth-order valence-electron chi connectivity index (χ4n) is 2.54.